The van der Waals surface area contributed by atoms with Gasteiger partial charge in [-0.1, -0.05) is 12.2 Å². The van der Waals surface area contributed by atoms with Crippen molar-refractivity contribution in [3.8, 4) is 0 Å². The van der Waals surface area contributed by atoms with Gasteiger partial charge in [0.15, 0.2) is 0 Å². The summed E-state index contributed by atoms with van der Waals surface area (Å²) < 4.78 is 10.9. The minimum atomic E-state index is -0.419. The van der Waals surface area contributed by atoms with Gasteiger partial charge in [-0.05, 0) is 34.1 Å². The maximum atomic E-state index is 11.8. The van der Waals surface area contributed by atoms with Crippen molar-refractivity contribution in [3.63, 3.8) is 0 Å². The van der Waals surface area contributed by atoms with E-state index in [2.05, 4.69) is 0 Å². The minimum Gasteiger partial charge on any atom is -0.444 e. The molecule has 0 aromatic rings. The maximum Gasteiger partial charge on any atom is 0.410 e. The first kappa shape index (κ1) is 15.0. The zero-order valence-electron chi connectivity index (χ0n) is 11.9. The van der Waals surface area contributed by atoms with Gasteiger partial charge in [-0.25, -0.2) is 4.79 Å². The van der Waals surface area contributed by atoms with Crippen LogP contribution >= 0.6 is 0 Å². The van der Waals surface area contributed by atoms with E-state index < -0.39 is 5.60 Å². The Kier molecular flexibility index (Phi) is 5.66. The van der Waals surface area contributed by atoms with Gasteiger partial charge in [0.05, 0.1) is 13.2 Å². The highest BCUT2D eigenvalue weighted by Gasteiger charge is 2.29. The zero-order chi connectivity index (χ0) is 13.6. The Labute approximate surface area is 110 Å². The van der Waals surface area contributed by atoms with E-state index in [4.69, 9.17) is 9.47 Å². The molecule has 1 amide bonds. The standard InChI is InChI=1S/C14H25NO3/c1-5-6-9-17-11-12-7-8-15(10-12)13(16)18-14(2,3)4/h5-6,12H,7-11H2,1-4H3/b6-5+. The number of amides is 1. The summed E-state index contributed by atoms with van der Waals surface area (Å²) in [5.41, 5.74) is -0.419. The van der Waals surface area contributed by atoms with Crippen molar-refractivity contribution in [3.05, 3.63) is 12.2 Å². The van der Waals surface area contributed by atoms with Gasteiger partial charge in [0.25, 0.3) is 0 Å². The molecule has 0 spiro atoms. The second-order valence-electron chi connectivity index (χ2n) is 5.69. The molecule has 1 atom stereocenters. The summed E-state index contributed by atoms with van der Waals surface area (Å²) in [6.07, 6.45) is 4.75. The second-order valence-corrected chi connectivity index (χ2v) is 5.69. The van der Waals surface area contributed by atoms with E-state index in [1.165, 1.54) is 0 Å². The van der Waals surface area contributed by atoms with Gasteiger partial charge in [-0.2, -0.15) is 0 Å². The molecule has 18 heavy (non-hydrogen) atoms. The normalized spacial score (nSPS) is 20.7. The third-order valence-corrected chi connectivity index (χ3v) is 2.74. The molecular formula is C14H25NO3. The highest BCUT2D eigenvalue weighted by atomic mass is 16.6. The van der Waals surface area contributed by atoms with E-state index in [1.807, 2.05) is 39.8 Å². The van der Waals surface area contributed by atoms with Crippen molar-refractivity contribution in [2.24, 2.45) is 5.92 Å². The van der Waals surface area contributed by atoms with Crippen LogP contribution in [-0.4, -0.2) is 42.9 Å². The largest absolute Gasteiger partial charge is 0.444 e. The van der Waals surface area contributed by atoms with Crippen molar-refractivity contribution in [2.75, 3.05) is 26.3 Å². The summed E-state index contributed by atoms with van der Waals surface area (Å²) in [5, 5.41) is 0. The molecule has 1 saturated heterocycles. The van der Waals surface area contributed by atoms with Crippen molar-refractivity contribution in [2.45, 2.75) is 39.7 Å². The van der Waals surface area contributed by atoms with Gasteiger partial charge in [0.1, 0.15) is 5.60 Å². The molecule has 0 saturated carbocycles. The molecule has 1 aliphatic heterocycles. The van der Waals surface area contributed by atoms with Crippen LogP contribution in [0.4, 0.5) is 4.79 Å². The molecule has 0 aliphatic carbocycles. The quantitative estimate of drug-likeness (QED) is 0.573. The molecule has 104 valence electrons. The van der Waals surface area contributed by atoms with E-state index in [-0.39, 0.29) is 6.09 Å². The van der Waals surface area contributed by atoms with Crippen LogP contribution in [0.15, 0.2) is 12.2 Å². The second kappa shape index (κ2) is 6.78. The van der Waals surface area contributed by atoms with Gasteiger partial charge < -0.3 is 14.4 Å². The molecule has 0 aromatic carbocycles. The summed E-state index contributed by atoms with van der Waals surface area (Å²) in [5.74, 6) is 0.433. The molecule has 0 bridgehead atoms. The third-order valence-electron chi connectivity index (χ3n) is 2.74. The van der Waals surface area contributed by atoms with Crippen LogP contribution in [-0.2, 0) is 9.47 Å². The van der Waals surface area contributed by atoms with Crippen molar-refractivity contribution < 1.29 is 14.3 Å². The maximum absolute atomic E-state index is 11.8. The number of likely N-dealkylation sites (tertiary alicyclic amines) is 1. The molecule has 1 fully saturated rings. The van der Waals surface area contributed by atoms with Gasteiger partial charge >= 0.3 is 6.09 Å². The van der Waals surface area contributed by atoms with Crippen LogP contribution < -0.4 is 0 Å². The van der Waals surface area contributed by atoms with E-state index >= 15 is 0 Å². The van der Waals surface area contributed by atoms with Crippen LogP contribution in [0.3, 0.4) is 0 Å². The Morgan fingerprint density at radius 2 is 2.17 bits per heavy atom. The number of allylic oxidation sites excluding steroid dienone is 1. The smallest absolute Gasteiger partial charge is 0.410 e. The highest BCUT2D eigenvalue weighted by Crippen LogP contribution is 2.19. The molecule has 1 aliphatic rings. The molecule has 4 nitrogen and oxygen atoms in total. The molecule has 1 heterocycles. The molecule has 0 aromatic heterocycles. The molecule has 4 heteroatoms. The Balaban J connectivity index is 2.26. The van der Waals surface area contributed by atoms with Gasteiger partial charge in [0, 0.05) is 19.0 Å². The summed E-state index contributed by atoms with van der Waals surface area (Å²) >= 11 is 0. The molecule has 0 radical (unpaired) electrons. The van der Waals surface area contributed by atoms with Crippen LogP contribution in [0.2, 0.25) is 0 Å². The highest BCUT2D eigenvalue weighted by molar-refractivity contribution is 5.68. The van der Waals surface area contributed by atoms with Crippen LogP contribution in [0.5, 0.6) is 0 Å². The van der Waals surface area contributed by atoms with E-state index in [9.17, 15) is 4.79 Å². The molecular weight excluding hydrogens is 230 g/mol. The van der Waals surface area contributed by atoms with Gasteiger partial charge in [0.2, 0.25) is 0 Å². The fourth-order valence-corrected chi connectivity index (χ4v) is 1.86. The molecule has 1 unspecified atom stereocenters. The lowest BCUT2D eigenvalue weighted by Gasteiger charge is -2.24. The fraction of sp³-hybridized carbons (Fsp3) is 0.786. The number of nitrogens with zero attached hydrogens (tertiary/aromatic N) is 1. The number of hydrogen-bond donors (Lipinski definition) is 0. The predicted octanol–water partition coefficient (Wildman–Crippen LogP) is 2.84. The first-order valence-electron chi connectivity index (χ1n) is 6.59. The minimum absolute atomic E-state index is 0.210. The van der Waals surface area contributed by atoms with Gasteiger partial charge in [-0.3, -0.25) is 0 Å². The lowest BCUT2D eigenvalue weighted by Crippen LogP contribution is -2.35. The average molecular weight is 255 g/mol. The average Bonchev–Trinajstić information content (AvgIpc) is 2.71. The fourth-order valence-electron chi connectivity index (χ4n) is 1.86. The van der Waals surface area contributed by atoms with Crippen LogP contribution in [0, 0.1) is 5.92 Å². The Morgan fingerprint density at radius 3 is 2.78 bits per heavy atom. The topological polar surface area (TPSA) is 38.8 Å². The monoisotopic (exact) mass is 255 g/mol. The Hall–Kier alpha value is -1.03. The summed E-state index contributed by atoms with van der Waals surface area (Å²) in [6, 6.07) is 0. The van der Waals surface area contributed by atoms with E-state index in [0.29, 0.717) is 19.1 Å². The summed E-state index contributed by atoms with van der Waals surface area (Å²) in [7, 11) is 0. The van der Waals surface area contributed by atoms with Crippen LogP contribution in [0.1, 0.15) is 34.1 Å². The number of rotatable bonds is 4. The van der Waals surface area contributed by atoms with E-state index in [0.717, 1.165) is 19.5 Å². The Morgan fingerprint density at radius 1 is 1.44 bits per heavy atom. The summed E-state index contributed by atoms with van der Waals surface area (Å²) in [4.78, 5) is 13.6. The first-order chi connectivity index (χ1) is 8.42. The number of carbonyl (C=O) groups is 1. The summed E-state index contributed by atoms with van der Waals surface area (Å²) in [6.45, 7) is 10.5. The predicted molar refractivity (Wildman–Crippen MR) is 71.5 cm³/mol. The van der Waals surface area contributed by atoms with Crippen molar-refractivity contribution in [1.29, 1.82) is 0 Å². The number of hydrogen-bond acceptors (Lipinski definition) is 3. The molecule has 0 N–H and O–H groups in total. The molecule has 1 rings (SSSR count). The number of carbonyl (C=O) groups excluding carboxylic acids is 1. The first-order valence-corrected chi connectivity index (χ1v) is 6.59. The van der Waals surface area contributed by atoms with Crippen molar-refractivity contribution in [1.82, 2.24) is 4.90 Å². The number of ether oxygens (including phenoxy) is 2. The van der Waals surface area contributed by atoms with Crippen molar-refractivity contribution >= 4 is 6.09 Å². The van der Waals surface area contributed by atoms with Crippen LogP contribution in [0.25, 0.3) is 0 Å². The zero-order valence-corrected chi connectivity index (χ0v) is 11.9. The Bertz CT molecular complexity index is 294. The lowest BCUT2D eigenvalue weighted by atomic mass is 10.1. The SMILES string of the molecule is C/C=C/COCC1CCN(C(=O)OC(C)(C)C)C1. The van der Waals surface area contributed by atoms with E-state index in [1.54, 1.807) is 4.90 Å². The lowest BCUT2D eigenvalue weighted by molar-refractivity contribution is 0.0278. The van der Waals surface area contributed by atoms with Gasteiger partial charge in [-0.15, -0.1) is 0 Å². The third kappa shape index (κ3) is 5.54.